The lowest BCUT2D eigenvalue weighted by Crippen LogP contribution is -2.54. The molecule has 0 saturated carbocycles. The highest BCUT2D eigenvalue weighted by atomic mass is 79.9. The summed E-state index contributed by atoms with van der Waals surface area (Å²) in [5.41, 5.74) is 1.87. The summed E-state index contributed by atoms with van der Waals surface area (Å²) in [6.07, 6.45) is 0.927. The molecule has 0 aliphatic carbocycles. The maximum absolute atomic E-state index is 14.6. The van der Waals surface area contributed by atoms with E-state index in [0.29, 0.717) is 28.3 Å². The van der Waals surface area contributed by atoms with Crippen molar-refractivity contribution in [1.29, 1.82) is 0 Å². The van der Waals surface area contributed by atoms with Crippen molar-refractivity contribution < 1.29 is 22.7 Å². The van der Waals surface area contributed by atoms with Crippen molar-refractivity contribution in [1.82, 2.24) is 10.2 Å². The molecular formula is C36H39BrClN3O5S. The molecule has 8 nitrogen and oxygen atoms in total. The monoisotopic (exact) mass is 739 g/mol. The summed E-state index contributed by atoms with van der Waals surface area (Å²) in [6, 6.07) is 28.2. The van der Waals surface area contributed by atoms with Gasteiger partial charge in [-0.05, 0) is 92.1 Å². The molecule has 0 aromatic heterocycles. The third-order valence-corrected chi connectivity index (χ3v) is 10.2. The van der Waals surface area contributed by atoms with Gasteiger partial charge in [-0.25, -0.2) is 8.42 Å². The molecule has 2 unspecified atom stereocenters. The van der Waals surface area contributed by atoms with Crippen molar-refractivity contribution in [2.24, 2.45) is 0 Å². The van der Waals surface area contributed by atoms with Gasteiger partial charge in [0.05, 0.1) is 17.2 Å². The van der Waals surface area contributed by atoms with Crippen LogP contribution < -0.4 is 14.4 Å². The van der Waals surface area contributed by atoms with E-state index >= 15 is 0 Å². The standard InChI is InChI=1S/C36H39BrClN3O5S/c1-4-26(3)39-36(43)34(23-27-9-7-6-8-10-27)40(24-28-11-15-30(38)16-12-28)35(42)25-41(31-17-19-32(20-18-31)46-5-2)47(44,45)33-21-13-29(37)14-22-33/h6-22,26,34H,4-5,23-25H2,1-3H3,(H,39,43). The molecule has 0 bridgehead atoms. The van der Waals surface area contributed by atoms with Crippen LogP contribution in [-0.4, -0.2) is 50.4 Å². The van der Waals surface area contributed by atoms with Gasteiger partial charge in [0.1, 0.15) is 18.3 Å². The van der Waals surface area contributed by atoms with Crippen molar-refractivity contribution in [2.45, 2.75) is 57.1 Å². The molecule has 0 spiro atoms. The molecule has 2 amide bonds. The van der Waals surface area contributed by atoms with Gasteiger partial charge in [0.25, 0.3) is 10.0 Å². The van der Waals surface area contributed by atoms with E-state index in [2.05, 4.69) is 21.2 Å². The zero-order valence-corrected chi connectivity index (χ0v) is 29.8. The van der Waals surface area contributed by atoms with E-state index in [-0.39, 0.29) is 35.5 Å². The zero-order chi connectivity index (χ0) is 34.0. The topological polar surface area (TPSA) is 96.0 Å². The van der Waals surface area contributed by atoms with E-state index in [4.69, 9.17) is 16.3 Å². The van der Waals surface area contributed by atoms with Crippen LogP contribution in [0.5, 0.6) is 5.75 Å². The Balaban J connectivity index is 1.80. The Hall–Kier alpha value is -3.86. The summed E-state index contributed by atoms with van der Waals surface area (Å²) in [5.74, 6) is -0.304. The molecule has 0 radical (unpaired) electrons. The SMILES string of the molecule is CCOc1ccc(N(CC(=O)N(Cc2ccc(Cl)cc2)C(Cc2ccccc2)C(=O)NC(C)CC)S(=O)(=O)c2ccc(Br)cc2)cc1. The molecule has 4 rings (SSSR count). The summed E-state index contributed by atoms with van der Waals surface area (Å²) in [6.45, 7) is 5.67. The van der Waals surface area contributed by atoms with Crippen LogP contribution in [0.25, 0.3) is 0 Å². The molecule has 4 aromatic carbocycles. The Morgan fingerprint density at radius 1 is 0.872 bits per heavy atom. The van der Waals surface area contributed by atoms with Gasteiger partial charge in [-0.2, -0.15) is 0 Å². The number of nitrogens with one attached hydrogen (secondary N) is 1. The molecule has 11 heteroatoms. The number of hydrogen-bond donors (Lipinski definition) is 1. The summed E-state index contributed by atoms with van der Waals surface area (Å²) in [4.78, 5) is 30.0. The van der Waals surface area contributed by atoms with Crippen molar-refractivity contribution in [2.75, 3.05) is 17.5 Å². The fourth-order valence-electron chi connectivity index (χ4n) is 4.92. The van der Waals surface area contributed by atoms with E-state index in [9.17, 15) is 18.0 Å². The smallest absolute Gasteiger partial charge is 0.264 e. The maximum Gasteiger partial charge on any atom is 0.264 e. The second-order valence-electron chi connectivity index (χ2n) is 11.1. The van der Waals surface area contributed by atoms with Crippen LogP contribution in [0.3, 0.4) is 0 Å². The van der Waals surface area contributed by atoms with Gasteiger partial charge < -0.3 is 15.0 Å². The number of ether oxygens (including phenoxy) is 1. The highest BCUT2D eigenvalue weighted by Gasteiger charge is 2.35. The molecule has 4 aromatic rings. The number of amides is 2. The van der Waals surface area contributed by atoms with Crippen molar-refractivity contribution in [3.05, 3.63) is 124 Å². The lowest BCUT2D eigenvalue weighted by Gasteiger charge is -2.34. The Labute approximate surface area is 290 Å². The molecule has 0 saturated heterocycles. The molecule has 248 valence electrons. The zero-order valence-electron chi connectivity index (χ0n) is 26.6. The van der Waals surface area contributed by atoms with Gasteiger partial charge in [-0.3, -0.25) is 13.9 Å². The molecule has 0 heterocycles. The highest BCUT2D eigenvalue weighted by Crippen LogP contribution is 2.28. The van der Waals surface area contributed by atoms with E-state index in [0.717, 1.165) is 15.4 Å². The lowest BCUT2D eigenvalue weighted by molar-refractivity contribution is -0.140. The van der Waals surface area contributed by atoms with Crippen LogP contribution in [0.4, 0.5) is 5.69 Å². The van der Waals surface area contributed by atoms with E-state index < -0.39 is 28.5 Å². The van der Waals surface area contributed by atoms with Crippen LogP contribution in [0, 0.1) is 0 Å². The van der Waals surface area contributed by atoms with Gasteiger partial charge in [-0.1, -0.05) is 76.9 Å². The first-order valence-corrected chi connectivity index (χ1v) is 18.0. The first-order chi connectivity index (χ1) is 22.5. The van der Waals surface area contributed by atoms with Crippen LogP contribution in [-0.2, 0) is 32.6 Å². The van der Waals surface area contributed by atoms with Crippen LogP contribution in [0.15, 0.2) is 112 Å². The minimum Gasteiger partial charge on any atom is -0.494 e. The van der Waals surface area contributed by atoms with E-state index in [1.54, 1.807) is 60.7 Å². The number of sulfonamides is 1. The number of halogens is 2. The summed E-state index contributed by atoms with van der Waals surface area (Å²) in [7, 11) is -4.22. The maximum atomic E-state index is 14.6. The summed E-state index contributed by atoms with van der Waals surface area (Å²) >= 11 is 9.52. The third-order valence-electron chi connectivity index (χ3n) is 7.65. The average Bonchev–Trinajstić information content (AvgIpc) is 3.07. The first kappa shape index (κ1) is 36.0. The normalized spacial score (nSPS) is 12.5. The molecule has 2 atom stereocenters. The fourth-order valence-corrected chi connectivity index (χ4v) is 6.72. The van der Waals surface area contributed by atoms with Gasteiger partial charge in [0.2, 0.25) is 11.8 Å². The van der Waals surface area contributed by atoms with Crippen LogP contribution in [0.1, 0.15) is 38.3 Å². The molecule has 47 heavy (non-hydrogen) atoms. The quantitative estimate of drug-likeness (QED) is 0.139. The Morgan fingerprint density at radius 2 is 1.51 bits per heavy atom. The van der Waals surface area contributed by atoms with E-state index in [1.807, 2.05) is 51.1 Å². The van der Waals surface area contributed by atoms with E-state index in [1.165, 1.54) is 17.0 Å². The highest BCUT2D eigenvalue weighted by molar-refractivity contribution is 9.10. The second kappa shape index (κ2) is 16.8. The fraction of sp³-hybridized carbons (Fsp3) is 0.278. The molecular weight excluding hydrogens is 702 g/mol. The predicted molar refractivity (Wildman–Crippen MR) is 190 cm³/mol. The Kier molecular flexibility index (Phi) is 12.9. The molecule has 0 fully saturated rings. The number of carbonyl (C=O) groups is 2. The molecule has 0 aliphatic heterocycles. The van der Waals surface area contributed by atoms with Crippen LogP contribution in [0.2, 0.25) is 5.02 Å². The Bertz CT molecular complexity index is 1720. The van der Waals surface area contributed by atoms with Gasteiger partial charge >= 0.3 is 0 Å². The summed E-state index contributed by atoms with van der Waals surface area (Å²) in [5, 5.41) is 3.57. The lowest BCUT2D eigenvalue weighted by atomic mass is 10.0. The van der Waals surface area contributed by atoms with Gasteiger partial charge in [0, 0.05) is 28.5 Å². The van der Waals surface area contributed by atoms with Gasteiger partial charge in [0.15, 0.2) is 0 Å². The number of rotatable bonds is 15. The predicted octanol–water partition coefficient (Wildman–Crippen LogP) is 7.25. The minimum absolute atomic E-state index is 0.0157. The van der Waals surface area contributed by atoms with Crippen molar-refractivity contribution >= 4 is 55.1 Å². The van der Waals surface area contributed by atoms with Gasteiger partial charge in [-0.15, -0.1) is 0 Å². The van der Waals surface area contributed by atoms with Crippen molar-refractivity contribution in [3.63, 3.8) is 0 Å². The number of carbonyl (C=O) groups excluding carboxylic acids is 2. The third kappa shape index (κ3) is 9.82. The van der Waals surface area contributed by atoms with Crippen molar-refractivity contribution in [3.8, 4) is 5.75 Å². The molecule has 0 aliphatic rings. The number of anilines is 1. The minimum atomic E-state index is -4.22. The number of benzene rings is 4. The first-order valence-electron chi connectivity index (χ1n) is 15.4. The Morgan fingerprint density at radius 3 is 2.11 bits per heavy atom. The number of nitrogens with zero attached hydrogens (tertiary/aromatic N) is 2. The van der Waals surface area contributed by atoms with Crippen LogP contribution >= 0.6 is 27.5 Å². The number of hydrogen-bond acceptors (Lipinski definition) is 5. The second-order valence-corrected chi connectivity index (χ2v) is 14.3. The largest absolute Gasteiger partial charge is 0.494 e. The molecule has 1 N–H and O–H groups in total. The average molecular weight is 741 g/mol. The summed E-state index contributed by atoms with van der Waals surface area (Å²) < 4.78 is 35.8.